The molecule has 0 spiro atoms. The summed E-state index contributed by atoms with van der Waals surface area (Å²) in [5.74, 6) is 0. The summed E-state index contributed by atoms with van der Waals surface area (Å²) in [6.07, 6.45) is -3.31. The van der Waals surface area contributed by atoms with Gasteiger partial charge in [-0.15, -0.1) is 5.10 Å². The van der Waals surface area contributed by atoms with E-state index >= 15 is 0 Å². The fraction of sp³-hybridized carbons (Fsp3) is 0.727. The molecule has 8 heteroatoms. The average Bonchev–Trinajstić information content (AvgIpc) is 2.78. The van der Waals surface area contributed by atoms with Gasteiger partial charge in [-0.05, 0) is 26.7 Å². The van der Waals surface area contributed by atoms with Crippen LogP contribution < -0.4 is 0 Å². The number of rotatable bonds is 3. The van der Waals surface area contributed by atoms with Crippen LogP contribution in [0.2, 0.25) is 0 Å². The number of aryl methyl sites for hydroxylation is 2. The molecule has 0 radical (unpaired) electrons. The molecule has 0 amide bonds. The van der Waals surface area contributed by atoms with Crippen molar-refractivity contribution in [3.8, 4) is 0 Å². The number of oxime groups is 1. The maximum Gasteiger partial charge on any atom is 0.437 e. The van der Waals surface area contributed by atoms with Crippen molar-refractivity contribution < 1.29 is 18.0 Å². The highest BCUT2D eigenvalue weighted by Gasteiger charge is 2.38. The zero-order valence-corrected chi connectivity index (χ0v) is 11.0. The van der Waals surface area contributed by atoms with E-state index < -0.39 is 11.9 Å². The minimum absolute atomic E-state index is 0.0533. The van der Waals surface area contributed by atoms with Gasteiger partial charge in [-0.1, -0.05) is 5.16 Å². The van der Waals surface area contributed by atoms with Crippen LogP contribution in [-0.2, 0) is 24.5 Å². The Bertz CT molecular complexity index is 505. The van der Waals surface area contributed by atoms with Gasteiger partial charge in [0.2, 0.25) is 0 Å². The van der Waals surface area contributed by atoms with Gasteiger partial charge < -0.3 is 4.84 Å². The van der Waals surface area contributed by atoms with Crippen LogP contribution in [0.1, 0.15) is 38.1 Å². The minimum atomic E-state index is -4.48. The first-order chi connectivity index (χ1) is 8.67. The van der Waals surface area contributed by atoms with Crippen molar-refractivity contribution in [2.24, 2.45) is 12.2 Å². The molecule has 0 aromatic carbocycles. The summed E-state index contributed by atoms with van der Waals surface area (Å²) in [6, 6.07) is 0. The van der Waals surface area contributed by atoms with Gasteiger partial charge in [-0.3, -0.25) is 0 Å². The molecular formula is C11H15F3N4O. The number of halogens is 3. The van der Waals surface area contributed by atoms with Crippen LogP contribution in [0.25, 0.3) is 0 Å². The third kappa shape index (κ3) is 3.24. The second-order valence-corrected chi connectivity index (χ2v) is 5.17. The molecule has 106 valence electrons. The van der Waals surface area contributed by atoms with Crippen LogP contribution in [0, 0.1) is 0 Å². The topological polar surface area (TPSA) is 52.3 Å². The van der Waals surface area contributed by atoms with E-state index in [1.807, 2.05) is 13.8 Å². The number of aromatic nitrogens is 3. The van der Waals surface area contributed by atoms with Crippen LogP contribution in [0.5, 0.6) is 0 Å². The third-order valence-electron chi connectivity index (χ3n) is 2.75. The Morgan fingerprint density at radius 2 is 1.95 bits per heavy atom. The predicted octanol–water partition coefficient (Wildman–Crippen LogP) is 2.32. The summed E-state index contributed by atoms with van der Waals surface area (Å²) >= 11 is 0. The first-order valence-corrected chi connectivity index (χ1v) is 5.89. The van der Waals surface area contributed by atoms with Crippen molar-refractivity contribution >= 4 is 5.71 Å². The minimum Gasteiger partial charge on any atom is -0.389 e. The molecule has 0 atom stereocenters. The largest absolute Gasteiger partial charge is 0.437 e. The summed E-state index contributed by atoms with van der Waals surface area (Å²) in [7, 11) is 1.37. The van der Waals surface area contributed by atoms with E-state index in [9.17, 15) is 13.2 Å². The number of nitrogens with zero attached hydrogens (tertiary/aromatic N) is 4. The molecule has 1 aromatic heterocycles. The molecule has 2 heterocycles. The SMILES string of the molecule is Cn1nc(CCC2=NOC(C)(C)C2)c(C(F)(F)F)n1. The molecular weight excluding hydrogens is 261 g/mol. The fourth-order valence-electron chi connectivity index (χ4n) is 1.98. The Hall–Kier alpha value is -1.60. The van der Waals surface area contributed by atoms with Crippen molar-refractivity contribution in [2.45, 2.75) is 44.9 Å². The van der Waals surface area contributed by atoms with Crippen LogP contribution >= 0.6 is 0 Å². The lowest BCUT2D eigenvalue weighted by atomic mass is 9.99. The van der Waals surface area contributed by atoms with E-state index in [-0.39, 0.29) is 17.7 Å². The van der Waals surface area contributed by atoms with E-state index in [0.717, 1.165) is 10.5 Å². The van der Waals surface area contributed by atoms with Crippen molar-refractivity contribution in [2.75, 3.05) is 0 Å². The van der Waals surface area contributed by atoms with Gasteiger partial charge in [-0.25, -0.2) is 0 Å². The molecule has 0 saturated heterocycles. The van der Waals surface area contributed by atoms with Crippen molar-refractivity contribution in [1.82, 2.24) is 15.0 Å². The second kappa shape index (κ2) is 4.50. The second-order valence-electron chi connectivity index (χ2n) is 5.17. The molecule has 5 nitrogen and oxygen atoms in total. The Balaban J connectivity index is 2.05. The van der Waals surface area contributed by atoms with Gasteiger partial charge in [0.1, 0.15) is 5.60 Å². The number of alkyl halides is 3. The summed E-state index contributed by atoms with van der Waals surface area (Å²) in [5.41, 5.74) is -0.593. The summed E-state index contributed by atoms with van der Waals surface area (Å²) in [6.45, 7) is 3.76. The molecule has 0 saturated carbocycles. The summed E-state index contributed by atoms with van der Waals surface area (Å²) in [4.78, 5) is 6.11. The normalized spacial score (nSPS) is 18.3. The van der Waals surface area contributed by atoms with Crippen LogP contribution in [-0.4, -0.2) is 26.3 Å². The zero-order chi connectivity index (χ0) is 14.3. The van der Waals surface area contributed by atoms with Gasteiger partial charge in [0.25, 0.3) is 0 Å². The molecule has 1 aliphatic heterocycles. The van der Waals surface area contributed by atoms with Crippen molar-refractivity contribution in [1.29, 1.82) is 0 Å². The molecule has 2 rings (SSSR count). The Labute approximate surface area is 108 Å². The maximum absolute atomic E-state index is 12.7. The van der Waals surface area contributed by atoms with Crippen molar-refractivity contribution in [3.63, 3.8) is 0 Å². The van der Waals surface area contributed by atoms with E-state index in [4.69, 9.17) is 4.84 Å². The van der Waals surface area contributed by atoms with Gasteiger partial charge >= 0.3 is 6.18 Å². The highest BCUT2D eigenvalue weighted by molar-refractivity contribution is 5.86. The molecule has 1 aromatic rings. The monoisotopic (exact) mass is 276 g/mol. The molecule has 0 bridgehead atoms. The Morgan fingerprint density at radius 1 is 1.26 bits per heavy atom. The predicted molar refractivity (Wildman–Crippen MR) is 61.5 cm³/mol. The lowest BCUT2D eigenvalue weighted by Gasteiger charge is -2.13. The highest BCUT2D eigenvalue weighted by Crippen LogP contribution is 2.31. The van der Waals surface area contributed by atoms with E-state index in [1.54, 1.807) is 0 Å². The maximum atomic E-state index is 12.7. The van der Waals surface area contributed by atoms with Crippen LogP contribution in [0.3, 0.4) is 0 Å². The zero-order valence-electron chi connectivity index (χ0n) is 11.0. The van der Waals surface area contributed by atoms with E-state index in [2.05, 4.69) is 15.4 Å². The van der Waals surface area contributed by atoms with Crippen LogP contribution in [0.15, 0.2) is 5.16 Å². The average molecular weight is 276 g/mol. The molecule has 0 unspecified atom stereocenters. The van der Waals surface area contributed by atoms with Gasteiger partial charge in [-0.2, -0.15) is 23.1 Å². The van der Waals surface area contributed by atoms with Crippen LogP contribution in [0.4, 0.5) is 13.2 Å². The Kier molecular flexibility index (Phi) is 3.27. The number of hydrogen-bond donors (Lipinski definition) is 0. The standard InChI is InChI=1S/C11H15F3N4O/c1-10(2)6-7(17-19-10)4-5-8-9(11(12,13)14)16-18(3)15-8/h4-6H2,1-3H3. The highest BCUT2D eigenvalue weighted by atomic mass is 19.4. The first-order valence-electron chi connectivity index (χ1n) is 5.89. The fourth-order valence-corrected chi connectivity index (χ4v) is 1.98. The quantitative estimate of drug-likeness (QED) is 0.851. The summed E-state index contributed by atoms with van der Waals surface area (Å²) < 4.78 is 38.1. The first kappa shape index (κ1) is 13.8. The smallest absolute Gasteiger partial charge is 0.389 e. The van der Waals surface area contributed by atoms with E-state index in [1.165, 1.54) is 7.05 Å². The lowest BCUT2D eigenvalue weighted by Crippen LogP contribution is -2.19. The lowest BCUT2D eigenvalue weighted by molar-refractivity contribution is -0.142. The Morgan fingerprint density at radius 3 is 2.47 bits per heavy atom. The third-order valence-corrected chi connectivity index (χ3v) is 2.75. The van der Waals surface area contributed by atoms with Crippen molar-refractivity contribution in [3.05, 3.63) is 11.4 Å². The molecule has 1 aliphatic rings. The van der Waals surface area contributed by atoms with Gasteiger partial charge in [0.15, 0.2) is 5.69 Å². The van der Waals surface area contributed by atoms with Gasteiger partial charge in [0, 0.05) is 13.5 Å². The molecule has 0 N–H and O–H groups in total. The van der Waals surface area contributed by atoms with Gasteiger partial charge in [0.05, 0.1) is 11.4 Å². The molecule has 0 aliphatic carbocycles. The molecule has 0 fully saturated rings. The number of hydrogen-bond acceptors (Lipinski definition) is 4. The van der Waals surface area contributed by atoms with E-state index in [0.29, 0.717) is 12.8 Å². The summed E-state index contributed by atoms with van der Waals surface area (Å²) in [5, 5.41) is 11.0. The molecule has 19 heavy (non-hydrogen) atoms.